The predicted molar refractivity (Wildman–Crippen MR) is 124 cm³/mol. The molecule has 0 aliphatic carbocycles. The van der Waals surface area contributed by atoms with E-state index in [9.17, 15) is 4.79 Å². The number of nitrogens with zero attached hydrogens (tertiary/aromatic N) is 3. The van der Waals surface area contributed by atoms with E-state index in [2.05, 4.69) is 0 Å². The highest BCUT2D eigenvalue weighted by Crippen LogP contribution is 2.32. The summed E-state index contributed by atoms with van der Waals surface area (Å²) in [5.41, 5.74) is 3.79. The summed E-state index contributed by atoms with van der Waals surface area (Å²) in [5, 5.41) is 4.79. The van der Waals surface area contributed by atoms with Gasteiger partial charge in [-0.15, -0.1) is 0 Å². The van der Waals surface area contributed by atoms with Gasteiger partial charge < -0.3 is 14.4 Å². The normalized spacial score (nSPS) is 15.7. The highest BCUT2D eigenvalue weighted by molar-refractivity contribution is 5.76. The molecule has 168 valence electrons. The number of carbonyl (C=O) groups is 1. The van der Waals surface area contributed by atoms with Crippen molar-refractivity contribution >= 4 is 5.91 Å². The number of ether oxygens (including phenoxy) is 2. The summed E-state index contributed by atoms with van der Waals surface area (Å²) in [7, 11) is 0. The summed E-state index contributed by atoms with van der Waals surface area (Å²) in [6.07, 6.45) is 2.58. The van der Waals surface area contributed by atoms with Crippen molar-refractivity contribution in [3.63, 3.8) is 0 Å². The minimum Gasteiger partial charge on any atom is -0.439 e. The number of aromatic nitrogens is 2. The molecule has 1 saturated heterocycles. The summed E-state index contributed by atoms with van der Waals surface area (Å²) in [6, 6.07) is 17.9. The van der Waals surface area contributed by atoms with Crippen LogP contribution in [0, 0.1) is 13.8 Å². The molecule has 3 aromatic rings. The topological polar surface area (TPSA) is 56.6 Å². The molecule has 2 heterocycles. The lowest BCUT2D eigenvalue weighted by Gasteiger charge is -2.25. The Labute approximate surface area is 189 Å². The van der Waals surface area contributed by atoms with Crippen LogP contribution < -0.4 is 4.74 Å². The van der Waals surface area contributed by atoms with Gasteiger partial charge in [-0.05, 0) is 56.5 Å². The molecule has 0 saturated carbocycles. The molecule has 1 aliphatic heterocycles. The van der Waals surface area contributed by atoms with Gasteiger partial charge >= 0.3 is 0 Å². The van der Waals surface area contributed by atoms with Gasteiger partial charge in [-0.1, -0.05) is 37.3 Å². The van der Waals surface area contributed by atoms with Crippen LogP contribution in [-0.2, 0) is 16.1 Å². The maximum Gasteiger partial charge on any atom is 0.227 e. The van der Waals surface area contributed by atoms with E-state index in [1.54, 1.807) is 0 Å². The average Bonchev–Trinajstić information content (AvgIpc) is 3.42. The largest absolute Gasteiger partial charge is 0.439 e. The van der Waals surface area contributed by atoms with E-state index in [-0.39, 0.29) is 12.0 Å². The molecule has 0 bridgehead atoms. The zero-order valence-electron chi connectivity index (χ0n) is 19.1. The van der Waals surface area contributed by atoms with Crippen LogP contribution in [0.2, 0.25) is 0 Å². The maximum absolute atomic E-state index is 12.8. The first-order chi connectivity index (χ1) is 15.5. The molecule has 0 radical (unpaired) electrons. The highest BCUT2D eigenvalue weighted by atomic mass is 16.5. The van der Waals surface area contributed by atoms with E-state index in [0.29, 0.717) is 25.4 Å². The van der Waals surface area contributed by atoms with Crippen LogP contribution in [0.5, 0.6) is 11.6 Å². The second-order valence-corrected chi connectivity index (χ2v) is 8.30. The fourth-order valence-electron chi connectivity index (χ4n) is 4.06. The van der Waals surface area contributed by atoms with Crippen LogP contribution in [0.25, 0.3) is 5.69 Å². The number of hydrogen-bond donors (Lipinski definition) is 0. The second kappa shape index (κ2) is 10.0. The SMILES string of the molecule is CCC(=O)N(Cc1c(C)nn(-c2ccccc2)c1Oc1cccc(C)c1)C[C@@H]1CCCO1. The molecule has 32 heavy (non-hydrogen) atoms. The number of rotatable bonds is 8. The van der Waals surface area contributed by atoms with Gasteiger partial charge in [-0.25, -0.2) is 4.68 Å². The standard InChI is InChI=1S/C26H31N3O3/c1-4-25(30)28(17-23-14-9-15-31-23)18-24-20(3)27-29(21-11-6-5-7-12-21)26(24)32-22-13-8-10-19(2)16-22/h5-8,10-13,16,23H,4,9,14-15,17-18H2,1-3H3/t23-/m0/s1. The lowest BCUT2D eigenvalue weighted by atomic mass is 10.1. The zero-order chi connectivity index (χ0) is 22.5. The smallest absolute Gasteiger partial charge is 0.227 e. The monoisotopic (exact) mass is 433 g/mol. The van der Waals surface area contributed by atoms with Crippen molar-refractivity contribution in [1.29, 1.82) is 0 Å². The number of hydrogen-bond acceptors (Lipinski definition) is 4. The number of benzene rings is 2. The van der Waals surface area contributed by atoms with E-state index in [1.165, 1.54) is 0 Å². The summed E-state index contributed by atoms with van der Waals surface area (Å²) in [5.74, 6) is 1.49. The van der Waals surface area contributed by atoms with E-state index < -0.39 is 0 Å². The minimum atomic E-state index is 0.0936. The van der Waals surface area contributed by atoms with E-state index in [0.717, 1.165) is 47.7 Å². The first kappa shape index (κ1) is 22.1. The van der Waals surface area contributed by atoms with Crippen LogP contribution in [0.1, 0.15) is 43.0 Å². The molecule has 1 aromatic heterocycles. The molecule has 1 amide bonds. The molecule has 1 aliphatic rings. The van der Waals surface area contributed by atoms with Crippen LogP contribution in [-0.4, -0.2) is 39.8 Å². The fraction of sp³-hybridized carbons (Fsp3) is 0.385. The number of para-hydroxylation sites is 1. The van der Waals surface area contributed by atoms with Gasteiger partial charge in [0, 0.05) is 19.6 Å². The third kappa shape index (κ3) is 5.02. The Morgan fingerprint density at radius 3 is 2.69 bits per heavy atom. The molecule has 6 nitrogen and oxygen atoms in total. The van der Waals surface area contributed by atoms with Gasteiger partial charge in [0.1, 0.15) is 5.75 Å². The number of amides is 1. The van der Waals surface area contributed by atoms with E-state index in [1.807, 2.05) is 85.0 Å². The van der Waals surface area contributed by atoms with Crippen LogP contribution in [0.15, 0.2) is 54.6 Å². The van der Waals surface area contributed by atoms with Crippen molar-refractivity contribution in [1.82, 2.24) is 14.7 Å². The van der Waals surface area contributed by atoms with Crippen LogP contribution in [0.4, 0.5) is 0 Å². The van der Waals surface area contributed by atoms with Crippen molar-refractivity contribution < 1.29 is 14.3 Å². The van der Waals surface area contributed by atoms with Gasteiger partial charge in [0.15, 0.2) is 0 Å². The van der Waals surface area contributed by atoms with Gasteiger partial charge in [0.05, 0.1) is 29.6 Å². The lowest BCUT2D eigenvalue weighted by Crippen LogP contribution is -2.36. The van der Waals surface area contributed by atoms with Gasteiger partial charge in [0.25, 0.3) is 0 Å². The third-order valence-corrected chi connectivity index (χ3v) is 5.79. The van der Waals surface area contributed by atoms with Crippen LogP contribution >= 0.6 is 0 Å². The molecule has 0 spiro atoms. The Balaban J connectivity index is 1.72. The quantitative estimate of drug-likeness (QED) is 0.490. The second-order valence-electron chi connectivity index (χ2n) is 8.30. The van der Waals surface area contributed by atoms with Crippen molar-refractivity contribution in [2.75, 3.05) is 13.2 Å². The molecule has 4 rings (SSSR count). The molecule has 1 atom stereocenters. The number of aryl methyl sites for hydroxylation is 2. The van der Waals surface area contributed by atoms with Crippen LogP contribution in [0.3, 0.4) is 0 Å². The van der Waals surface area contributed by atoms with Crippen molar-refractivity contribution in [2.45, 2.75) is 52.7 Å². The summed E-state index contributed by atoms with van der Waals surface area (Å²) in [4.78, 5) is 14.7. The average molecular weight is 434 g/mol. The first-order valence-corrected chi connectivity index (χ1v) is 11.3. The van der Waals surface area contributed by atoms with E-state index >= 15 is 0 Å². The van der Waals surface area contributed by atoms with Crippen molar-refractivity contribution in [3.8, 4) is 17.3 Å². The Morgan fingerprint density at radius 2 is 2.00 bits per heavy atom. The third-order valence-electron chi connectivity index (χ3n) is 5.79. The molecule has 1 fully saturated rings. The predicted octanol–water partition coefficient (Wildman–Crippen LogP) is 5.20. The summed E-state index contributed by atoms with van der Waals surface area (Å²) in [6.45, 7) is 7.70. The van der Waals surface area contributed by atoms with Crippen molar-refractivity contribution in [2.24, 2.45) is 0 Å². The molecular weight excluding hydrogens is 402 g/mol. The highest BCUT2D eigenvalue weighted by Gasteiger charge is 2.26. The van der Waals surface area contributed by atoms with Crippen molar-refractivity contribution in [3.05, 3.63) is 71.4 Å². The van der Waals surface area contributed by atoms with E-state index in [4.69, 9.17) is 14.6 Å². The first-order valence-electron chi connectivity index (χ1n) is 11.3. The zero-order valence-corrected chi connectivity index (χ0v) is 19.1. The maximum atomic E-state index is 12.8. The van der Waals surface area contributed by atoms with Gasteiger partial charge in [-0.2, -0.15) is 5.10 Å². The minimum absolute atomic E-state index is 0.0936. The Bertz CT molecular complexity index is 1060. The Morgan fingerprint density at radius 1 is 1.19 bits per heavy atom. The summed E-state index contributed by atoms with van der Waals surface area (Å²) >= 11 is 0. The molecule has 6 heteroatoms. The Hall–Kier alpha value is -3.12. The summed E-state index contributed by atoms with van der Waals surface area (Å²) < 4.78 is 14.1. The molecule has 0 unspecified atom stereocenters. The number of carbonyl (C=O) groups excluding carboxylic acids is 1. The fourth-order valence-corrected chi connectivity index (χ4v) is 4.06. The molecule has 2 aromatic carbocycles. The van der Waals surface area contributed by atoms with Gasteiger partial charge in [0.2, 0.25) is 11.8 Å². The van der Waals surface area contributed by atoms with Gasteiger partial charge in [-0.3, -0.25) is 4.79 Å². The molecular formula is C26H31N3O3. The Kier molecular flexibility index (Phi) is 6.90. The lowest BCUT2D eigenvalue weighted by molar-refractivity contribution is -0.133. The molecule has 0 N–H and O–H groups in total.